The van der Waals surface area contributed by atoms with Crippen molar-refractivity contribution in [1.82, 2.24) is 0 Å². The molecular formula is C12H11BrN2O3S2. The fourth-order valence-electron chi connectivity index (χ4n) is 1.50. The van der Waals surface area contributed by atoms with Crippen molar-refractivity contribution >= 4 is 54.6 Å². The van der Waals surface area contributed by atoms with Gasteiger partial charge in [0.2, 0.25) is 10.0 Å². The molecule has 0 radical (unpaired) electrons. The molecule has 0 saturated heterocycles. The van der Waals surface area contributed by atoms with E-state index in [0.29, 0.717) is 16.3 Å². The van der Waals surface area contributed by atoms with Crippen molar-refractivity contribution in [3.05, 3.63) is 45.1 Å². The Morgan fingerprint density at radius 2 is 1.80 bits per heavy atom. The third-order valence-electron chi connectivity index (χ3n) is 2.27. The van der Waals surface area contributed by atoms with Gasteiger partial charge >= 0.3 is 0 Å². The molecule has 0 unspecified atom stereocenters. The van der Waals surface area contributed by atoms with Gasteiger partial charge in [0, 0.05) is 0 Å². The first-order valence-corrected chi connectivity index (χ1v) is 8.99. The van der Waals surface area contributed by atoms with Crippen LogP contribution in [-0.2, 0) is 10.0 Å². The minimum Gasteiger partial charge on any atom is -0.319 e. The highest BCUT2D eigenvalue weighted by atomic mass is 79.9. The van der Waals surface area contributed by atoms with Gasteiger partial charge in [-0.3, -0.25) is 9.52 Å². The van der Waals surface area contributed by atoms with E-state index in [1.165, 1.54) is 11.3 Å². The normalized spacial score (nSPS) is 11.1. The topological polar surface area (TPSA) is 75.3 Å². The van der Waals surface area contributed by atoms with E-state index in [4.69, 9.17) is 0 Å². The summed E-state index contributed by atoms with van der Waals surface area (Å²) in [7, 11) is -3.40. The van der Waals surface area contributed by atoms with Crippen LogP contribution in [0.4, 0.5) is 11.4 Å². The van der Waals surface area contributed by atoms with Gasteiger partial charge in [-0.15, -0.1) is 11.3 Å². The lowest BCUT2D eigenvalue weighted by Gasteiger charge is -2.11. The summed E-state index contributed by atoms with van der Waals surface area (Å²) in [5.41, 5.74) is 0.742. The number of rotatable bonds is 4. The van der Waals surface area contributed by atoms with Crippen molar-refractivity contribution in [2.75, 3.05) is 16.3 Å². The second-order valence-electron chi connectivity index (χ2n) is 3.98. The van der Waals surface area contributed by atoms with Gasteiger partial charge in [-0.05, 0) is 40.2 Å². The van der Waals surface area contributed by atoms with Crippen LogP contribution in [0.1, 0.15) is 9.67 Å². The van der Waals surface area contributed by atoms with Gasteiger partial charge in [0.05, 0.1) is 26.3 Å². The van der Waals surface area contributed by atoms with Crippen LogP contribution >= 0.6 is 27.3 Å². The molecule has 1 heterocycles. The largest absolute Gasteiger partial charge is 0.319 e. The van der Waals surface area contributed by atoms with Gasteiger partial charge < -0.3 is 5.32 Å². The molecule has 5 nitrogen and oxygen atoms in total. The number of anilines is 2. The molecule has 2 N–H and O–H groups in total. The monoisotopic (exact) mass is 374 g/mol. The van der Waals surface area contributed by atoms with Gasteiger partial charge in [0.1, 0.15) is 0 Å². The first kappa shape index (κ1) is 15.0. The number of thiophene rings is 1. The van der Waals surface area contributed by atoms with Crippen LogP contribution in [0.3, 0.4) is 0 Å². The average Bonchev–Trinajstić information content (AvgIpc) is 2.77. The highest BCUT2D eigenvalue weighted by Crippen LogP contribution is 2.26. The molecule has 0 atom stereocenters. The van der Waals surface area contributed by atoms with Crippen molar-refractivity contribution < 1.29 is 13.2 Å². The van der Waals surface area contributed by atoms with Crippen LogP contribution in [0.15, 0.2) is 40.2 Å². The minimum absolute atomic E-state index is 0.288. The number of carbonyl (C=O) groups excluding carboxylic acids is 1. The highest BCUT2D eigenvalue weighted by Gasteiger charge is 2.12. The minimum atomic E-state index is -3.40. The maximum Gasteiger partial charge on any atom is 0.265 e. The summed E-state index contributed by atoms with van der Waals surface area (Å²) >= 11 is 4.59. The summed E-state index contributed by atoms with van der Waals surface area (Å²) in [5.74, 6) is -0.288. The van der Waals surface area contributed by atoms with Crippen LogP contribution in [-0.4, -0.2) is 20.6 Å². The molecule has 2 rings (SSSR count). The van der Waals surface area contributed by atoms with Crippen molar-refractivity contribution in [2.24, 2.45) is 0 Å². The molecule has 106 valence electrons. The Hall–Kier alpha value is -1.38. The molecule has 0 aliphatic heterocycles. The Labute approximate surface area is 129 Å². The van der Waals surface area contributed by atoms with Gasteiger partial charge in [0.15, 0.2) is 0 Å². The summed E-state index contributed by atoms with van der Waals surface area (Å²) < 4.78 is 25.8. The third-order valence-corrected chi connectivity index (χ3v) is 4.48. The molecule has 1 aromatic carbocycles. The molecule has 2 aromatic rings. The molecule has 0 bridgehead atoms. The van der Waals surface area contributed by atoms with Gasteiger partial charge in [0.25, 0.3) is 5.91 Å². The number of nitrogens with one attached hydrogen (secondary N) is 2. The SMILES string of the molecule is CS(=O)(=O)Nc1ccccc1NC(=O)c1ccc(Br)s1. The first-order valence-electron chi connectivity index (χ1n) is 5.49. The first-order chi connectivity index (χ1) is 9.35. The van der Waals surface area contributed by atoms with Crippen LogP contribution < -0.4 is 10.0 Å². The Morgan fingerprint density at radius 1 is 1.15 bits per heavy atom. The average molecular weight is 375 g/mol. The molecule has 1 amide bonds. The molecule has 8 heteroatoms. The van der Waals surface area contributed by atoms with E-state index in [-0.39, 0.29) is 5.91 Å². The zero-order valence-corrected chi connectivity index (χ0v) is 13.6. The third kappa shape index (κ3) is 4.06. The van der Waals surface area contributed by atoms with Crippen molar-refractivity contribution in [1.29, 1.82) is 0 Å². The van der Waals surface area contributed by atoms with E-state index in [1.54, 1.807) is 36.4 Å². The predicted octanol–water partition coefficient (Wildman–Crippen LogP) is 3.13. The second kappa shape index (κ2) is 5.94. The van der Waals surface area contributed by atoms with Crippen molar-refractivity contribution in [3.63, 3.8) is 0 Å². The van der Waals surface area contributed by atoms with Gasteiger partial charge in [-0.1, -0.05) is 12.1 Å². The number of sulfonamides is 1. The molecule has 0 saturated carbocycles. The molecule has 20 heavy (non-hydrogen) atoms. The van der Waals surface area contributed by atoms with Crippen LogP contribution in [0.25, 0.3) is 0 Å². The lowest BCUT2D eigenvalue weighted by molar-refractivity contribution is 0.103. The quantitative estimate of drug-likeness (QED) is 0.862. The number of halogens is 1. The lowest BCUT2D eigenvalue weighted by atomic mass is 10.2. The predicted molar refractivity (Wildman–Crippen MR) is 84.9 cm³/mol. The highest BCUT2D eigenvalue weighted by molar-refractivity contribution is 9.11. The smallest absolute Gasteiger partial charge is 0.265 e. The summed E-state index contributed by atoms with van der Waals surface area (Å²) in [5, 5.41) is 2.69. The van der Waals surface area contributed by atoms with Crippen molar-refractivity contribution in [3.8, 4) is 0 Å². The van der Waals surface area contributed by atoms with E-state index < -0.39 is 10.0 Å². The number of hydrogen-bond acceptors (Lipinski definition) is 4. The molecule has 0 aliphatic carbocycles. The second-order valence-corrected chi connectivity index (χ2v) is 8.19. The number of hydrogen-bond donors (Lipinski definition) is 2. The van der Waals surface area contributed by atoms with E-state index in [2.05, 4.69) is 26.0 Å². The summed E-state index contributed by atoms with van der Waals surface area (Å²) in [6.07, 6.45) is 1.06. The summed E-state index contributed by atoms with van der Waals surface area (Å²) in [6.45, 7) is 0. The number of amides is 1. The van der Waals surface area contributed by atoms with E-state index in [1.807, 2.05) is 0 Å². The maximum atomic E-state index is 12.0. The maximum absolute atomic E-state index is 12.0. The molecular weight excluding hydrogens is 364 g/mol. The number of benzene rings is 1. The molecule has 1 aromatic heterocycles. The van der Waals surface area contributed by atoms with Crippen molar-refractivity contribution in [2.45, 2.75) is 0 Å². The van der Waals surface area contributed by atoms with E-state index in [9.17, 15) is 13.2 Å². The Morgan fingerprint density at radius 3 is 2.35 bits per heavy atom. The van der Waals surface area contributed by atoms with Crippen LogP contribution in [0.2, 0.25) is 0 Å². The number of carbonyl (C=O) groups is 1. The zero-order valence-electron chi connectivity index (χ0n) is 10.4. The summed E-state index contributed by atoms with van der Waals surface area (Å²) in [6, 6.07) is 10.1. The van der Waals surface area contributed by atoms with Gasteiger partial charge in [-0.25, -0.2) is 8.42 Å². The van der Waals surface area contributed by atoms with Gasteiger partial charge in [-0.2, -0.15) is 0 Å². The van der Waals surface area contributed by atoms with E-state index >= 15 is 0 Å². The number of para-hydroxylation sites is 2. The van der Waals surface area contributed by atoms with E-state index in [0.717, 1.165) is 10.0 Å². The molecule has 0 spiro atoms. The summed E-state index contributed by atoms with van der Waals surface area (Å²) in [4.78, 5) is 12.6. The van der Waals surface area contributed by atoms with Crippen LogP contribution in [0, 0.1) is 0 Å². The fraction of sp³-hybridized carbons (Fsp3) is 0.0833. The Kier molecular flexibility index (Phi) is 4.46. The zero-order chi connectivity index (χ0) is 14.8. The standard InChI is InChI=1S/C12H11BrN2O3S2/c1-20(17,18)15-9-5-3-2-4-8(9)14-12(16)10-6-7-11(13)19-10/h2-7,15H,1H3,(H,14,16). The molecule has 0 aliphatic rings. The molecule has 0 fully saturated rings. The van der Waals surface area contributed by atoms with Crippen LogP contribution in [0.5, 0.6) is 0 Å². The Bertz CT molecular complexity index is 741. The lowest BCUT2D eigenvalue weighted by Crippen LogP contribution is -2.15. The fourth-order valence-corrected chi connectivity index (χ4v) is 3.36. The Balaban J connectivity index is 2.23.